The molecule has 1 unspecified atom stereocenters. The fraction of sp³-hybridized carbons (Fsp3) is 0.0833. The summed E-state index contributed by atoms with van der Waals surface area (Å²) in [5.74, 6) is -1.91. The first kappa shape index (κ1) is 24.9. The van der Waals surface area contributed by atoms with Crippen molar-refractivity contribution in [1.29, 1.82) is 0 Å². The Labute approximate surface area is 227 Å². The number of carbonyl (C=O) groups is 2. The Hall–Kier alpha value is -2.76. The zero-order valence-electron chi connectivity index (χ0n) is 18.0. The molecule has 0 saturated heterocycles. The normalized spacial score (nSPS) is 15.7. The van der Waals surface area contributed by atoms with Crippen molar-refractivity contribution >= 4 is 74.5 Å². The van der Waals surface area contributed by atoms with Gasteiger partial charge >= 0.3 is 0 Å². The zero-order chi connectivity index (χ0) is 25.4. The number of thioether (sulfide) groups is 1. The van der Waals surface area contributed by atoms with Crippen LogP contribution in [-0.4, -0.2) is 27.0 Å². The topological polar surface area (TPSA) is 83.4 Å². The van der Waals surface area contributed by atoms with Crippen molar-refractivity contribution in [3.63, 3.8) is 0 Å². The van der Waals surface area contributed by atoms with Crippen molar-refractivity contribution in [2.75, 3.05) is 4.90 Å². The number of aliphatic hydroxyl groups is 1. The number of aliphatic hydroxyl groups excluding tert-OH is 1. The highest BCUT2D eigenvalue weighted by Crippen LogP contribution is 2.44. The van der Waals surface area contributed by atoms with Gasteiger partial charge in [-0.15, -0.1) is 21.5 Å². The number of hydrogen-bond acceptors (Lipinski definition) is 8. The number of hydrogen-bond donors (Lipinski definition) is 1. The fourth-order valence-electron chi connectivity index (χ4n) is 3.67. The van der Waals surface area contributed by atoms with Crippen LogP contribution in [-0.2, 0) is 10.5 Å². The first-order valence-electron chi connectivity index (χ1n) is 10.3. The molecule has 1 N–H and O–H groups in total. The minimum atomic E-state index is -0.996. The van der Waals surface area contributed by atoms with Gasteiger partial charge in [0.1, 0.15) is 5.82 Å². The monoisotopic (exact) mass is 577 g/mol. The summed E-state index contributed by atoms with van der Waals surface area (Å²) in [6.07, 6.45) is 0. The van der Waals surface area contributed by atoms with Crippen LogP contribution in [0, 0.1) is 5.82 Å². The van der Waals surface area contributed by atoms with Gasteiger partial charge in [0.15, 0.2) is 10.1 Å². The summed E-state index contributed by atoms with van der Waals surface area (Å²) < 4.78 is 14.2. The Bertz CT molecular complexity index is 1490. The molecule has 1 amide bonds. The fourth-order valence-corrected chi connectivity index (χ4v) is 6.78. The number of thiophene rings is 1. The van der Waals surface area contributed by atoms with Gasteiger partial charge < -0.3 is 5.11 Å². The van der Waals surface area contributed by atoms with Crippen LogP contribution in [0.5, 0.6) is 0 Å². The summed E-state index contributed by atoms with van der Waals surface area (Å²) in [7, 11) is 0. The lowest BCUT2D eigenvalue weighted by molar-refractivity contribution is -0.117. The SMILES string of the molecule is O=C(C1=C(O)C(=O)N(c2nnc(SCc3ccc(Cl)cc3Cl)s2)C1c1ccc(F)cc1)c1cccs1. The molecule has 36 heavy (non-hydrogen) atoms. The minimum Gasteiger partial charge on any atom is -0.503 e. The average Bonchev–Trinajstić information content (AvgIpc) is 3.60. The molecule has 0 saturated carbocycles. The summed E-state index contributed by atoms with van der Waals surface area (Å²) >= 11 is 15.9. The molecule has 3 heterocycles. The largest absolute Gasteiger partial charge is 0.503 e. The quantitative estimate of drug-likeness (QED) is 0.143. The maximum absolute atomic E-state index is 13.7. The van der Waals surface area contributed by atoms with Crippen molar-refractivity contribution in [3.8, 4) is 0 Å². The van der Waals surface area contributed by atoms with Crippen molar-refractivity contribution in [3.05, 3.63) is 103 Å². The molecular formula is C24H14Cl2FN3O3S3. The van der Waals surface area contributed by atoms with E-state index in [9.17, 15) is 19.1 Å². The Morgan fingerprint density at radius 3 is 2.61 bits per heavy atom. The third kappa shape index (κ3) is 4.79. The summed E-state index contributed by atoms with van der Waals surface area (Å²) in [6, 6.07) is 13.0. The van der Waals surface area contributed by atoms with E-state index in [-0.39, 0.29) is 10.7 Å². The molecule has 0 radical (unpaired) electrons. The van der Waals surface area contributed by atoms with Gasteiger partial charge in [0.05, 0.1) is 16.5 Å². The number of aromatic nitrogens is 2. The number of rotatable bonds is 7. The van der Waals surface area contributed by atoms with Gasteiger partial charge in [-0.05, 0) is 46.8 Å². The van der Waals surface area contributed by atoms with Crippen LogP contribution >= 0.6 is 57.6 Å². The van der Waals surface area contributed by atoms with E-state index in [1.54, 1.807) is 29.6 Å². The molecule has 1 aliphatic rings. The van der Waals surface area contributed by atoms with Gasteiger partial charge in [-0.3, -0.25) is 14.5 Å². The maximum atomic E-state index is 13.7. The third-order valence-electron chi connectivity index (χ3n) is 5.35. The predicted octanol–water partition coefficient (Wildman–Crippen LogP) is 7.12. The van der Waals surface area contributed by atoms with Gasteiger partial charge in [0.25, 0.3) is 5.91 Å². The molecule has 2 aromatic carbocycles. The van der Waals surface area contributed by atoms with Crippen LogP contribution in [0.1, 0.15) is 26.8 Å². The molecule has 0 bridgehead atoms. The molecule has 5 rings (SSSR count). The van der Waals surface area contributed by atoms with Gasteiger partial charge in [-0.1, -0.05) is 70.6 Å². The van der Waals surface area contributed by atoms with E-state index in [4.69, 9.17) is 23.2 Å². The van der Waals surface area contributed by atoms with Crippen LogP contribution < -0.4 is 4.90 Å². The van der Waals surface area contributed by atoms with Gasteiger partial charge in [-0.25, -0.2) is 4.39 Å². The number of amides is 1. The molecule has 1 aliphatic heterocycles. The summed E-state index contributed by atoms with van der Waals surface area (Å²) in [5.41, 5.74) is 1.21. The van der Waals surface area contributed by atoms with Crippen molar-refractivity contribution in [1.82, 2.24) is 10.2 Å². The highest BCUT2D eigenvalue weighted by Gasteiger charge is 2.46. The predicted molar refractivity (Wildman–Crippen MR) is 141 cm³/mol. The van der Waals surface area contributed by atoms with Gasteiger partial charge in [-0.2, -0.15) is 0 Å². The average molecular weight is 578 g/mol. The summed E-state index contributed by atoms with van der Waals surface area (Å²) in [4.78, 5) is 28.1. The van der Waals surface area contributed by atoms with Gasteiger partial charge in [0, 0.05) is 15.8 Å². The number of halogens is 3. The number of Topliss-reactive ketones (excluding diaryl/α,β-unsaturated/α-hetero) is 1. The van der Waals surface area contributed by atoms with E-state index in [2.05, 4.69) is 10.2 Å². The van der Waals surface area contributed by atoms with E-state index in [0.717, 1.165) is 16.9 Å². The van der Waals surface area contributed by atoms with Crippen LogP contribution in [0.25, 0.3) is 0 Å². The smallest absolute Gasteiger partial charge is 0.296 e. The van der Waals surface area contributed by atoms with E-state index >= 15 is 0 Å². The minimum absolute atomic E-state index is 0.0913. The lowest BCUT2D eigenvalue weighted by atomic mass is 9.95. The Morgan fingerprint density at radius 2 is 1.92 bits per heavy atom. The Kier molecular flexibility index (Phi) is 7.14. The second-order valence-corrected chi connectivity index (χ2v) is 11.5. The third-order valence-corrected chi connectivity index (χ3v) is 8.91. The zero-order valence-corrected chi connectivity index (χ0v) is 22.0. The lowest BCUT2D eigenvalue weighted by Crippen LogP contribution is -2.31. The number of carbonyl (C=O) groups excluding carboxylic acids is 2. The first-order valence-corrected chi connectivity index (χ1v) is 13.8. The van der Waals surface area contributed by atoms with Crippen molar-refractivity contribution in [2.24, 2.45) is 0 Å². The van der Waals surface area contributed by atoms with Crippen LogP contribution in [0.3, 0.4) is 0 Å². The lowest BCUT2D eigenvalue weighted by Gasteiger charge is -2.23. The van der Waals surface area contributed by atoms with Crippen LogP contribution in [0.4, 0.5) is 9.52 Å². The van der Waals surface area contributed by atoms with Crippen LogP contribution in [0.2, 0.25) is 10.0 Å². The van der Waals surface area contributed by atoms with E-state index in [0.29, 0.717) is 30.6 Å². The maximum Gasteiger partial charge on any atom is 0.296 e. The van der Waals surface area contributed by atoms with Gasteiger partial charge in [0.2, 0.25) is 10.9 Å². The Balaban J connectivity index is 1.48. The van der Waals surface area contributed by atoms with E-state index in [1.807, 2.05) is 6.07 Å². The molecule has 0 fully saturated rings. The molecule has 0 spiro atoms. The molecule has 1 atom stereocenters. The number of benzene rings is 2. The number of nitrogens with zero attached hydrogens (tertiary/aromatic N) is 3. The highest BCUT2D eigenvalue weighted by molar-refractivity contribution is 8.00. The van der Waals surface area contributed by atoms with Crippen molar-refractivity contribution in [2.45, 2.75) is 16.1 Å². The van der Waals surface area contributed by atoms with Crippen LogP contribution in [0.15, 0.2) is 75.6 Å². The number of ketones is 1. The summed E-state index contributed by atoms with van der Waals surface area (Å²) in [5, 5.41) is 22.1. The van der Waals surface area contributed by atoms with Crippen molar-refractivity contribution < 1.29 is 19.1 Å². The standard InChI is InChI=1S/C24H14Cl2FN3O3S3/c25-14-6-3-13(16(26)10-14)11-35-24-29-28-23(36-24)30-19(12-4-7-15(27)8-5-12)18(21(32)22(30)33)20(31)17-2-1-9-34-17/h1-10,19,32H,11H2. The molecule has 2 aromatic heterocycles. The highest BCUT2D eigenvalue weighted by atomic mass is 35.5. The molecular weight excluding hydrogens is 564 g/mol. The summed E-state index contributed by atoms with van der Waals surface area (Å²) in [6.45, 7) is 0. The molecule has 6 nitrogen and oxygen atoms in total. The second kappa shape index (κ2) is 10.3. The molecule has 4 aromatic rings. The van der Waals surface area contributed by atoms with E-state index < -0.39 is 29.3 Å². The Morgan fingerprint density at radius 1 is 1.14 bits per heavy atom. The molecule has 182 valence electrons. The first-order chi connectivity index (χ1) is 17.3. The number of anilines is 1. The molecule has 0 aliphatic carbocycles. The van der Waals surface area contributed by atoms with E-state index in [1.165, 1.54) is 52.3 Å². The molecule has 12 heteroatoms. The second-order valence-electron chi connectivity index (χ2n) is 7.57.